The molecule has 3 amide bonds. The van der Waals surface area contributed by atoms with Crippen LogP contribution in [-0.4, -0.2) is 23.4 Å². The van der Waals surface area contributed by atoms with Crippen molar-refractivity contribution in [3.05, 3.63) is 71.8 Å². The molecule has 2 aromatic rings. The highest BCUT2D eigenvalue weighted by molar-refractivity contribution is 6.07. The largest absolute Gasteiger partial charge is 0.325 e. The number of nitrogens with one attached hydrogen (secondary N) is 1. The highest BCUT2D eigenvalue weighted by atomic mass is 16.2. The number of hydrogen-bond acceptors (Lipinski definition) is 2. The van der Waals surface area contributed by atoms with Crippen LogP contribution in [0.5, 0.6) is 0 Å². The first-order valence-corrected chi connectivity index (χ1v) is 7.85. The van der Waals surface area contributed by atoms with Crippen LogP contribution in [0.25, 0.3) is 0 Å². The van der Waals surface area contributed by atoms with Crippen LogP contribution < -0.4 is 5.32 Å². The summed E-state index contributed by atoms with van der Waals surface area (Å²) in [5.41, 5.74) is 1.06. The van der Waals surface area contributed by atoms with E-state index < -0.39 is 5.54 Å². The minimum atomic E-state index is -0.967. The Hall–Kier alpha value is -2.62. The molecule has 4 heteroatoms. The van der Waals surface area contributed by atoms with Crippen molar-refractivity contribution in [2.45, 2.75) is 25.3 Å². The number of nitrogens with zero attached hydrogens (tertiary/aromatic N) is 1. The van der Waals surface area contributed by atoms with Crippen LogP contribution in [0.15, 0.2) is 60.7 Å². The van der Waals surface area contributed by atoms with Crippen LogP contribution in [0.3, 0.4) is 0 Å². The zero-order valence-electron chi connectivity index (χ0n) is 13.2. The predicted octanol–water partition coefficient (Wildman–Crippen LogP) is 3.09. The number of amides is 3. The lowest BCUT2D eigenvalue weighted by molar-refractivity contribution is -0.131. The molecule has 0 bridgehead atoms. The Morgan fingerprint density at radius 1 is 0.957 bits per heavy atom. The predicted molar refractivity (Wildman–Crippen MR) is 88.8 cm³/mol. The molecule has 3 rings (SSSR count). The van der Waals surface area contributed by atoms with Gasteiger partial charge in [0.1, 0.15) is 5.54 Å². The van der Waals surface area contributed by atoms with Gasteiger partial charge in [0, 0.05) is 6.54 Å². The molecular weight excluding hydrogens is 288 g/mol. The van der Waals surface area contributed by atoms with Crippen LogP contribution in [0, 0.1) is 0 Å². The summed E-state index contributed by atoms with van der Waals surface area (Å²) < 4.78 is 0. The molecule has 0 aliphatic carbocycles. The molecule has 0 unspecified atom stereocenters. The molecule has 1 aliphatic rings. The number of aryl methyl sites for hydroxylation is 1. The van der Waals surface area contributed by atoms with Crippen molar-refractivity contribution < 1.29 is 9.59 Å². The molecule has 1 N–H and O–H groups in total. The molecular formula is C19H20N2O2. The fourth-order valence-corrected chi connectivity index (χ4v) is 2.95. The van der Waals surface area contributed by atoms with Crippen molar-refractivity contribution in [2.24, 2.45) is 0 Å². The second-order valence-electron chi connectivity index (χ2n) is 5.97. The zero-order chi connectivity index (χ0) is 16.3. The third kappa shape index (κ3) is 2.97. The third-order valence-corrected chi connectivity index (χ3v) is 4.32. The van der Waals surface area contributed by atoms with Crippen molar-refractivity contribution >= 4 is 11.9 Å². The van der Waals surface area contributed by atoms with E-state index in [4.69, 9.17) is 0 Å². The van der Waals surface area contributed by atoms with E-state index in [-0.39, 0.29) is 11.9 Å². The molecule has 0 aromatic heterocycles. The van der Waals surface area contributed by atoms with Gasteiger partial charge < -0.3 is 5.32 Å². The molecule has 0 saturated carbocycles. The van der Waals surface area contributed by atoms with Gasteiger partial charge in [-0.05, 0) is 30.9 Å². The maximum absolute atomic E-state index is 12.7. The minimum Gasteiger partial charge on any atom is -0.319 e. The molecule has 0 spiro atoms. The fraction of sp³-hybridized carbons (Fsp3) is 0.263. The van der Waals surface area contributed by atoms with Crippen molar-refractivity contribution in [2.75, 3.05) is 6.54 Å². The first-order chi connectivity index (χ1) is 11.1. The van der Waals surface area contributed by atoms with Crippen LogP contribution in [0.1, 0.15) is 24.5 Å². The maximum atomic E-state index is 12.7. The highest BCUT2D eigenvalue weighted by Crippen LogP contribution is 2.28. The lowest BCUT2D eigenvalue weighted by Crippen LogP contribution is -2.40. The highest BCUT2D eigenvalue weighted by Gasteiger charge is 2.48. The zero-order valence-corrected chi connectivity index (χ0v) is 13.2. The Balaban J connectivity index is 1.67. The molecule has 1 saturated heterocycles. The number of imide groups is 1. The van der Waals surface area contributed by atoms with Gasteiger partial charge in [0.2, 0.25) is 0 Å². The summed E-state index contributed by atoms with van der Waals surface area (Å²) in [4.78, 5) is 26.3. The molecule has 2 aromatic carbocycles. The monoisotopic (exact) mass is 308 g/mol. The fourth-order valence-electron chi connectivity index (χ4n) is 2.95. The molecule has 1 atom stereocenters. The van der Waals surface area contributed by atoms with E-state index in [2.05, 4.69) is 17.4 Å². The van der Waals surface area contributed by atoms with E-state index >= 15 is 0 Å². The number of carbonyl (C=O) groups excluding carboxylic acids is 2. The number of rotatable bonds is 5. The Kier molecular flexibility index (Phi) is 4.15. The van der Waals surface area contributed by atoms with Crippen LogP contribution >= 0.6 is 0 Å². The van der Waals surface area contributed by atoms with Crippen LogP contribution in [0.4, 0.5) is 4.79 Å². The van der Waals surface area contributed by atoms with Crippen molar-refractivity contribution in [3.8, 4) is 0 Å². The van der Waals surface area contributed by atoms with E-state index in [0.29, 0.717) is 6.54 Å². The Morgan fingerprint density at radius 3 is 2.22 bits per heavy atom. The first-order valence-electron chi connectivity index (χ1n) is 7.85. The minimum absolute atomic E-state index is 0.179. The molecule has 23 heavy (non-hydrogen) atoms. The van der Waals surface area contributed by atoms with Gasteiger partial charge in [-0.15, -0.1) is 0 Å². The van der Waals surface area contributed by atoms with Crippen molar-refractivity contribution in [1.29, 1.82) is 0 Å². The van der Waals surface area contributed by atoms with Crippen molar-refractivity contribution in [3.63, 3.8) is 0 Å². The third-order valence-electron chi connectivity index (χ3n) is 4.32. The number of benzene rings is 2. The van der Waals surface area contributed by atoms with E-state index in [1.54, 1.807) is 6.92 Å². The van der Waals surface area contributed by atoms with Gasteiger partial charge in [-0.2, -0.15) is 0 Å². The Bertz CT molecular complexity index is 700. The average molecular weight is 308 g/mol. The molecule has 0 radical (unpaired) electrons. The standard InChI is InChI=1S/C19H20N2O2/c1-19(16-12-6-3-7-13-16)17(22)21(18(23)20-19)14-8-11-15-9-4-2-5-10-15/h2-7,9-10,12-13H,8,11,14H2,1H3,(H,20,23)/t19-/m0/s1. The van der Waals surface area contributed by atoms with Gasteiger partial charge in [0.25, 0.3) is 5.91 Å². The van der Waals surface area contributed by atoms with Crippen LogP contribution in [-0.2, 0) is 16.8 Å². The van der Waals surface area contributed by atoms with Gasteiger partial charge in [-0.3, -0.25) is 9.69 Å². The quantitative estimate of drug-likeness (QED) is 0.863. The normalized spacial score (nSPS) is 20.7. The van der Waals surface area contributed by atoms with Gasteiger partial charge in [-0.1, -0.05) is 60.7 Å². The van der Waals surface area contributed by atoms with E-state index in [0.717, 1.165) is 18.4 Å². The van der Waals surface area contributed by atoms with Crippen molar-refractivity contribution in [1.82, 2.24) is 10.2 Å². The summed E-state index contributed by atoms with van der Waals surface area (Å²) in [6, 6.07) is 19.1. The summed E-state index contributed by atoms with van der Waals surface area (Å²) in [5.74, 6) is -0.179. The first kappa shape index (κ1) is 15.3. The molecule has 1 heterocycles. The second-order valence-corrected chi connectivity index (χ2v) is 5.97. The SMILES string of the molecule is C[C@@]1(c2ccccc2)NC(=O)N(CCCc2ccccc2)C1=O. The van der Waals surface area contributed by atoms with Gasteiger partial charge in [-0.25, -0.2) is 4.79 Å². The Labute approximate surface area is 136 Å². The molecule has 4 nitrogen and oxygen atoms in total. The van der Waals surface area contributed by atoms with E-state index in [1.165, 1.54) is 10.5 Å². The molecule has 118 valence electrons. The van der Waals surface area contributed by atoms with Crippen LogP contribution in [0.2, 0.25) is 0 Å². The summed E-state index contributed by atoms with van der Waals surface area (Å²) in [7, 11) is 0. The summed E-state index contributed by atoms with van der Waals surface area (Å²) in [6.07, 6.45) is 1.61. The van der Waals surface area contributed by atoms with E-state index in [9.17, 15) is 9.59 Å². The number of carbonyl (C=O) groups is 2. The summed E-state index contributed by atoms with van der Waals surface area (Å²) in [5, 5.41) is 2.83. The summed E-state index contributed by atoms with van der Waals surface area (Å²) in [6.45, 7) is 2.20. The summed E-state index contributed by atoms with van der Waals surface area (Å²) >= 11 is 0. The lowest BCUT2D eigenvalue weighted by atomic mass is 9.92. The average Bonchev–Trinajstić information content (AvgIpc) is 2.81. The molecule has 1 aliphatic heterocycles. The van der Waals surface area contributed by atoms with Gasteiger partial charge in [0.05, 0.1) is 0 Å². The Morgan fingerprint density at radius 2 is 1.57 bits per heavy atom. The lowest BCUT2D eigenvalue weighted by Gasteiger charge is -2.22. The second kappa shape index (κ2) is 6.24. The number of hydrogen-bond donors (Lipinski definition) is 1. The van der Waals surface area contributed by atoms with Gasteiger partial charge in [0.15, 0.2) is 0 Å². The van der Waals surface area contributed by atoms with Gasteiger partial charge >= 0.3 is 6.03 Å². The maximum Gasteiger partial charge on any atom is 0.325 e. The topological polar surface area (TPSA) is 49.4 Å². The van der Waals surface area contributed by atoms with E-state index in [1.807, 2.05) is 48.5 Å². The number of urea groups is 1. The molecule has 1 fully saturated rings. The smallest absolute Gasteiger partial charge is 0.319 e.